The summed E-state index contributed by atoms with van der Waals surface area (Å²) in [6, 6.07) is 7.00. The van der Waals surface area contributed by atoms with E-state index in [4.69, 9.17) is 9.15 Å². The van der Waals surface area contributed by atoms with Gasteiger partial charge in [0.05, 0.1) is 5.03 Å². The van der Waals surface area contributed by atoms with E-state index in [1.807, 2.05) is 25.1 Å². The molecule has 0 atom stereocenters. The summed E-state index contributed by atoms with van der Waals surface area (Å²) in [5, 5.41) is 1.17. The molecule has 8 heteroatoms. The van der Waals surface area contributed by atoms with Crippen molar-refractivity contribution in [2.24, 2.45) is 0 Å². The largest absolute Gasteiger partial charge is 0.464 e. The Bertz CT molecular complexity index is 953. The van der Waals surface area contributed by atoms with Gasteiger partial charge in [-0.05, 0) is 24.1 Å². The third-order valence-corrected chi connectivity index (χ3v) is 4.17. The Labute approximate surface area is 141 Å². The highest BCUT2D eigenvalue weighted by atomic mass is 32.2. The summed E-state index contributed by atoms with van der Waals surface area (Å²) in [6.45, 7) is 2.18. The molecule has 0 spiro atoms. The van der Waals surface area contributed by atoms with Gasteiger partial charge in [0.15, 0.2) is 0 Å². The van der Waals surface area contributed by atoms with Gasteiger partial charge in [-0.15, -0.1) is 11.8 Å². The minimum absolute atomic E-state index is 0.00419. The molecular formula is C16H15N3O4S. The van der Waals surface area contributed by atoms with Crippen molar-refractivity contribution in [2.75, 3.05) is 12.4 Å². The maximum absolute atomic E-state index is 12.2. The molecule has 0 saturated carbocycles. The molecule has 7 nitrogen and oxygen atoms in total. The van der Waals surface area contributed by atoms with E-state index in [1.165, 1.54) is 17.8 Å². The molecule has 1 N–H and O–H groups in total. The van der Waals surface area contributed by atoms with Crippen LogP contribution in [0.25, 0.3) is 11.1 Å². The summed E-state index contributed by atoms with van der Waals surface area (Å²) in [5.74, 6) is 0.637. The van der Waals surface area contributed by atoms with Gasteiger partial charge in [-0.1, -0.05) is 13.0 Å². The second kappa shape index (κ2) is 7.31. The molecule has 0 saturated heterocycles. The van der Waals surface area contributed by atoms with Crippen LogP contribution in [0.5, 0.6) is 6.01 Å². The van der Waals surface area contributed by atoms with Crippen molar-refractivity contribution in [3.05, 3.63) is 56.8 Å². The first-order valence-electron chi connectivity index (χ1n) is 7.41. The second-order valence-corrected chi connectivity index (χ2v) is 5.98. The van der Waals surface area contributed by atoms with E-state index in [9.17, 15) is 9.59 Å². The molecule has 0 aliphatic rings. The number of aryl methyl sites for hydroxylation is 1. The molecule has 0 fully saturated rings. The number of pyridine rings is 1. The monoisotopic (exact) mass is 345 g/mol. The number of hydrogen-bond acceptors (Lipinski definition) is 7. The number of H-pyrrole nitrogens is 1. The van der Waals surface area contributed by atoms with Crippen LogP contribution in [0.3, 0.4) is 0 Å². The molecule has 124 valence electrons. The highest BCUT2D eigenvalue weighted by molar-refractivity contribution is 7.99. The van der Waals surface area contributed by atoms with Crippen molar-refractivity contribution >= 4 is 22.9 Å². The third kappa shape index (κ3) is 3.65. The van der Waals surface area contributed by atoms with E-state index in [1.54, 1.807) is 6.20 Å². The zero-order chi connectivity index (χ0) is 16.9. The van der Waals surface area contributed by atoms with Gasteiger partial charge in [0.2, 0.25) is 5.71 Å². The lowest BCUT2D eigenvalue weighted by atomic mass is 10.1. The molecule has 3 aromatic heterocycles. The van der Waals surface area contributed by atoms with Gasteiger partial charge in [-0.25, -0.2) is 9.78 Å². The molecule has 0 aliphatic carbocycles. The maximum atomic E-state index is 12.2. The Morgan fingerprint density at radius 1 is 1.33 bits per heavy atom. The average molecular weight is 345 g/mol. The minimum Gasteiger partial charge on any atom is -0.464 e. The van der Waals surface area contributed by atoms with E-state index in [2.05, 4.69) is 15.0 Å². The van der Waals surface area contributed by atoms with Gasteiger partial charge < -0.3 is 9.15 Å². The topological polar surface area (TPSA) is 98.1 Å². The first-order chi connectivity index (χ1) is 11.7. The van der Waals surface area contributed by atoms with Crippen molar-refractivity contribution in [1.29, 1.82) is 0 Å². The smallest absolute Gasteiger partial charge is 0.337 e. The lowest BCUT2D eigenvalue weighted by molar-refractivity contribution is 0.314. The predicted octanol–water partition coefficient (Wildman–Crippen LogP) is 2.00. The summed E-state index contributed by atoms with van der Waals surface area (Å²) < 4.78 is 10.5. The highest BCUT2D eigenvalue weighted by Gasteiger charge is 2.12. The lowest BCUT2D eigenvalue weighted by Crippen LogP contribution is -2.15. The standard InChI is InChI=1S/C16H15N3O4S/c1-2-10-9-12(20)23-15-13(10)14(21)18-16(19-15)22-7-8-24-11-5-3-4-6-17-11/h3-6,9H,2,7-8H2,1H3,(H,18,19,21). The summed E-state index contributed by atoms with van der Waals surface area (Å²) >= 11 is 1.53. The fraction of sp³-hybridized carbons (Fsp3) is 0.250. The number of ether oxygens (including phenoxy) is 1. The minimum atomic E-state index is -0.533. The van der Waals surface area contributed by atoms with Gasteiger partial charge >= 0.3 is 5.63 Å². The van der Waals surface area contributed by atoms with Gasteiger partial charge in [0, 0.05) is 18.0 Å². The molecule has 0 aromatic carbocycles. The second-order valence-electron chi connectivity index (χ2n) is 4.86. The van der Waals surface area contributed by atoms with Crippen LogP contribution in [-0.4, -0.2) is 27.3 Å². The van der Waals surface area contributed by atoms with Crippen molar-refractivity contribution < 1.29 is 9.15 Å². The van der Waals surface area contributed by atoms with Gasteiger partial charge in [0.1, 0.15) is 12.0 Å². The first-order valence-corrected chi connectivity index (χ1v) is 8.39. The number of fused-ring (bicyclic) bond motifs is 1. The lowest BCUT2D eigenvalue weighted by Gasteiger charge is -2.06. The van der Waals surface area contributed by atoms with Gasteiger partial charge in [-0.3, -0.25) is 9.78 Å². The summed E-state index contributed by atoms with van der Waals surface area (Å²) in [4.78, 5) is 34.6. The van der Waals surface area contributed by atoms with Crippen LogP contribution in [0.15, 0.2) is 49.5 Å². The number of thioether (sulfide) groups is 1. The zero-order valence-electron chi connectivity index (χ0n) is 12.9. The number of nitrogens with one attached hydrogen (secondary N) is 1. The summed E-state index contributed by atoms with van der Waals surface area (Å²) in [6.07, 6.45) is 2.26. The van der Waals surface area contributed by atoms with Crippen LogP contribution >= 0.6 is 11.8 Å². The molecular weight excluding hydrogens is 330 g/mol. The predicted molar refractivity (Wildman–Crippen MR) is 90.7 cm³/mol. The normalized spacial score (nSPS) is 10.9. The number of aromatic amines is 1. The molecule has 0 aliphatic heterocycles. The average Bonchev–Trinajstić information content (AvgIpc) is 2.58. The van der Waals surface area contributed by atoms with Crippen LogP contribution in [0.1, 0.15) is 12.5 Å². The fourth-order valence-corrected chi connectivity index (χ4v) is 2.88. The Morgan fingerprint density at radius 3 is 2.96 bits per heavy atom. The molecule has 0 unspecified atom stereocenters. The maximum Gasteiger partial charge on any atom is 0.337 e. The Hall–Kier alpha value is -2.61. The first kappa shape index (κ1) is 16.3. The number of aromatic nitrogens is 3. The summed E-state index contributed by atoms with van der Waals surface area (Å²) in [7, 11) is 0. The summed E-state index contributed by atoms with van der Waals surface area (Å²) in [5.41, 5.74) is -0.315. The third-order valence-electron chi connectivity index (χ3n) is 3.27. The number of rotatable bonds is 6. The number of hydrogen-bond donors (Lipinski definition) is 1. The molecule has 24 heavy (non-hydrogen) atoms. The Kier molecular flexibility index (Phi) is 4.95. The van der Waals surface area contributed by atoms with Crippen molar-refractivity contribution in [2.45, 2.75) is 18.4 Å². The van der Waals surface area contributed by atoms with Crippen molar-refractivity contribution in [3.63, 3.8) is 0 Å². The fourth-order valence-electron chi connectivity index (χ4n) is 2.19. The Balaban J connectivity index is 1.74. The van der Waals surface area contributed by atoms with E-state index in [-0.39, 0.29) is 22.7 Å². The van der Waals surface area contributed by atoms with Crippen LogP contribution in [0.2, 0.25) is 0 Å². The highest BCUT2D eigenvalue weighted by Crippen LogP contribution is 2.15. The molecule has 3 rings (SSSR count). The van der Waals surface area contributed by atoms with Gasteiger partial charge in [0.25, 0.3) is 11.6 Å². The van der Waals surface area contributed by atoms with Crippen molar-refractivity contribution in [1.82, 2.24) is 15.0 Å². The quantitative estimate of drug-likeness (QED) is 0.539. The van der Waals surface area contributed by atoms with Crippen molar-refractivity contribution in [3.8, 4) is 6.01 Å². The van der Waals surface area contributed by atoms with E-state index >= 15 is 0 Å². The van der Waals surface area contributed by atoms with E-state index in [0.29, 0.717) is 24.3 Å². The molecule has 3 heterocycles. The number of nitrogens with zero attached hydrogens (tertiary/aromatic N) is 2. The molecule has 0 amide bonds. The zero-order valence-corrected chi connectivity index (χ0v) is 13.8. The molecule has 3 aromatic rings. The van der Waals surface area contributed by atoms with Crippen LogP contribution in [-0.2, 0) is 6.42 Å². The SMILES string of the molecule is CCc1cc(=O)oc2nc(OCCSc3ccccn3)[nH]c(=O)c12. The Morgan fingerprint density at radius 2 is 2.21 bits per heavy atom. The van der Waals surface area contributed by atoms with Crippen LogP contribution in [0.4, 0.5) is 0 Å². The van der Waals surface area contributed by atoms with Gasteiger partial charge in [-0.2, -0.15) is 4.98 Å². The van der Waals surface area contributed by atoms with E-state index in [0.717, 1.165) is 5.03 Å². The van der Waals surface area contributed by atoms with Crippen LogP contribution < -0.4 is 15.9 Å². The molecule has 0 radical (unpaired) electrons. The van der Waals surface area contributed by atoms with E-state index < -0.39 is 5.63 Å². The van der Waals surface area contributed by atoms with Crippen LogP contribution in [0, 0.1) is 0 Å². The molecule has 0 bridgehead atoms.